The molecule has 2 heterocycles. The quantitative estimate of drug-likeness (QED) is 0.494. The Balaban J connectivity index is 1.98. The molecule has 22 heavy (non-hydrogen) atoms. The molecule has 1 N–H and O–H groups in total. The summed E-state index contributed by atoms with van der Waals surface area (Å²) in [5.74, 6) is 0. The maximum absolute atomic E-state index is 13.0. The zero-order valence-corrected chi connectivity index (χ0v) is 13.9. The SMILES string of the molecule is O=c1c2sc3ccccc3c2[nH]c(=S)n1C1CCCCCC1. The summed E-state index contributed by atoms with van der Waals surface area (Å²) in [5.41, 5.74) is 0.993. The number of rotatable bonds is 1. The highest BCUT2D eigenvalue weighted by molar-refractivity contribution is 7.71. The molecule has 114 valence electrons. The minimum Gasteiger partial charge on any atom is -0.330 e. The van der Waals surface area contributed by atoms with E-state index in [2.05, 4.69) is 17.1 Å². The Labute approximate surface area is 137 Å². The first kappa shape index (κ1) is 14.2. The smallest absolute Gasteiger partial charge is 0.272 e. The highest BCUT2D eigenvalue weighted by Gasteiger charge is 2.19. The Morgan fingerprint density at radius 1 is 1.14 bits per heavy atom. The van der Waals surface area contributed by atoms with Crippen molar-refractivity contribution in [3.8, 4) is 0 Å². The second-order valence-corrected chi connectivity index (χ2v) is 7.49. The highest BCUT2D eigenvalue weighted by atomic mass is 32.1. The van der Waals surface area contributed by atoms with Crippen LogP contribution in [0.3, 0.4) is 0 Å². The predicted octanol–water partition coefficient (Wildman–Crippen LogP) is 5.17. The van der Waals surface area contributed by atoms with Gasteiger partial charge in [-0.3, -0.25) is 9.36 Å². The van der Waals surface area contributed by atoms with E-state index in [1.165, 1.54) is 25.7 Å². The van der Waals surface area contributed by atoms with Crippen LogP contribution >= 0.6 is 23.6 Å². The fourth-order valence-electron chi connectivity index (χ4n) is 3.54. The molecule has 4 rings (SSSR count). The molecule has 0 unspecified atom stereocenters. The fourth-order valence-corrected chi connectivity index (χ4v) is 4.97. The van der Waals surface area contributed by atoms with E-state index in [0.717, 1.165) is 33.1 Å². The summed E-state index contributed by atoms with van der Waals surface area (Å²) in [6.45, 7) is 0. The first-order chi connectivity index (χ1) is 10.8. The van der Waals surface area contributed by atoms with Gasteiger partial charge in [-0.1, -0.05) is 43.9 Å². The summed E-state index contributed by atoms with van der Waals surface area (Å²) >= 11 is 7.10. The van der Waals surface area contributed by atoms with Gasteiger partial charge in [-0.25, -0.2) is 0 Å². The zero-order valence-electron chi connectivity index (χ0n) is 12.3. The Morgan fingerprint density at radius 2 is 1.86 bits per heavy atom. The topological polar surface area (TPSA) is 37.8 Å². The summed E-state index contributed by atoms with van der Waals surface area (Å²) < 4.78 is 4.36. The molecule has 5 heteroatoms. The van der Waals surface area contributed by atoms with E-state index in [1.54, 1.807) is 11.3 Å². The van der Waals surface area contributed by atoms with Crippen LogP contribution in [-0.4, -0.2) is 9.55 Å². The van der Waals surface area contributed by atoms with Gasteiger partial charge in [-0.15, -0.1) is 11.3 Å². The maximum atomic E-state index is 13.0. The number of hydrogen-bond acceptors (Lipinski definition) is 3. The van der Waals surface area contributed by atoms with Crippen molar-refractivity contribution in [2.75, 3.05) is 0 Å². The Kier molecular flexibility index (Phi) is 3.62. The summed E-state index contributed by atoms with van der Waals surface area (Å²) in [7, 11) is 0. The molecule has 0 saturated heterocycles. The summed E-state index contributed by atoms with van der Waals surface area (Å²) in [6, 6.07) is 8.38. The zero-order chi connectivity index (χ0) is 15.1. The van der Waals surface area contributed by atoms with Crippen molar-refractivity contribution in [3.63, 3.8) is 0 Å². The largest absolute Gasteiger partial charge is 0.330 e. The number of nitrogens with zero attached hydrogens (tertiary/aromatic N) is 1. The number of nitrogens with one attached hydrogen (secondary N) is 1. The molecule has 0 aliphatic heterocycles. The number of fused-ring (bicyclic) bond motifs is 3. The molecule has 0 atom stereocenters. The average molecular weight is 330 g/mol. The van der Waals surface area contributed by atoms with Crippen LogP contribution in [0.1, 0.15) is 44.6 Å². The molecule has 0 bridgehead atoms. The second-order valence-electron chi connectivity index (χ2n) is 6.05. The van der Waals surface area contributed by atoms with Crippen molar-refractivity contribution < 1.29 is 0 Å². The molecule has 0 amide bonds. The normalized spacial score (nSPS) is 17.1. The summed E-state index contributed by atoms with van der Waals surface area (Å²) in [6.07, 6.45) is 7.05. The lowest BCUT2D eigenvalue weighted by molar-refractivity contribution is 0.425. The van der Waals surface area contributed by atoms with Gasteiger partial charge < -0.3 is 4.98 Å². The molecule has 1 aliphatic rings. The van der Waals surface area contributed by atoms with Gasteiger partial charge in [-0.2, -0.15) is 0 Å². The number of benzene rings is 1. The van der Waals surface area contributed by atoms with Crippen LogP contribution in [0.4, 0.5) is 0 Å². The van der Waals surface area contributed by atoms with Crippen molar-refractivity contribution in [1.82, 2.24) is 9.55 Å². The van der Waals surface area contributed by atoms with Gasteiger partial charge in [0, 0.05) is 16.1 Å². The van der Waals surface area contributed by atoms with Crippen LogP contribution in [0, 0.1) is 4.77 Å². The molecule has 1 saturated carbocycles. The summed E-state index contributed by atoms with van der Waals surface area (Å²) in [4.78, 5) is 16.3. The van der Waals surface area contributed by atoms with Gasteiger partial charge in [-0.05, 0) is 31.1 Å². The molecule has 1 fully saturated rings. The Hall–Kier alpha value is -1.46. The summed E-state index contributed by atoms with van der Waals surface area (Å²) in [5, 5.41) is 1.10. The van der Waals surface area contributed by atoms with Gasteiger partial charge in [0.25, 0.3) is 5.56 Å². The van der Waals surface area contributed by atoms with Gasteiger partial charge >= 0.3 is 0 Å². The van der Waals surface area contributed by atoms with Gasteiger partial charge in [0.05, 0.1) is 5.52 Å². The average Bonchev–Trinajstić information content (AvgIpc) is 2.70. The van der Waals surface area contributed by atoms with E-state index in [-0.39, 0.29) is 11.6 Å². The van der Waals surface area contributed by atoms with Crippen LogP contribution in [0.25, 0.3) is 20.3 Å². The van der Waals surface area contributed by atoms with Crippen LogP contribution in [0.2, 0.25) is 0 Å². The number of thiophene rings is 1. The van der Waals surface area contributed by atoms with Crippen LogP contribution in [0.5, 0.6) is 0 Å². The lowest BCUT2D eigenvalue weighted by Crippen LogP contribution is -2.25. The minimum atomic E-state index is 0.0897. The second kappa shape index (κ2) is 5.63. The first-order valence-corrected chi connectivity index (χ1v) is 9.14. The monoisotopic (exact) mass is 330 g/mol. The van der Waals surface area contributed by atoms with Crippen LogP contribution < -0.4 is 5.56 Å². The van der Waals surface area contributed by atoms with E-state index >= 15 is 0 Å². The first-order valence-electron chi connectivity index (χ1n) is 7.92. The van der Waals surface area contributed by atoms with Crippen molar-refractivity contribution in [2.45, 2.75) is 44.6 Å². The molecule has 1 aliphatic carbocycles. The van der Waals surface area contributed by atoms with Gasteiger partial charge in [0.2, 0.25) is 0 Å². The Bertz CT molecular complexity index is 943. The Morgan fingerprint density at radius 3 is 2.64 bits per heavy atom. The lowest BCUT2D eigenvalue weighted by atomic mass is 10.1. The van der Waals surface area contributed by atoms with E-state index in [0.29, 0.717) is 4.77 Å². The third-order valence-corrected chi connectivity index (χ3v) is 6.11. The van der Waals surface area contributed by atoms with E-state index in [4.69, 9.17) is 12.2 Å². The molecular formula is C17H18N2OS2. The van der Waals surface area contributed by atoms with Crippen molar-refractivity contribution in [1.29, 1.82) is 0 Å². The highest BCUT2D eigenvalue weighted by Crippen LogP contribution is 2.32. The lowest BCUT2D eigenvalue weighted by Gasteiger charge is -2.17. The van der Waals surface area contributed by atoms with Crippen LogP contribution in [0.15, 0.2) is 29.1 Å². The molecule has 3 nitrogen and oxygen atoms in total. The number of hydrogen-bond donors (Lipinski definition) is 1. The maximum Gasteiger partial charge on any atom is 0.272 e. The molecule has 0 spiro atoms. The van der Waals surface area contributed by atoms with E-state index in [9.17, 15) is 4.79 Å². The fraction of sp³-hybridized carbons (Fsp3) is 0.412. The minimum absolute atomic E-state index is 0.0897. The number of aromatic amines is 1. The molecular weight excluding hydrogens is 312 g/mol. The van der Waals surface area contributed by atoms with Gasteiger partial charge in [0.1, 0.15) is 4.70 Å². The van der Waals surface area contributed by atoms with Crippen molar-refractivity contribution >= 4 is 43.9 Å². The van der Waals surface area contributed by atoms with E-state index in [1.807, 2.05) is 16.7 Å². The van der Waals surface area contributed by atoms with Crippen molar-refractivity contribution in [3.05, 3.63) is 39.4 Å². The predicted molar refractivity (Wildman–Crippen MR) is 95.5 cm³/mol. The number of H-pyrrole nitrogens is 1. The standard InChI is InChI=1S/C17H18N2OS2/c20-16-15-14(12-9-5-6-10-13(12)22-15)18-17(21)19(16)11-7-3-1-2-4-8-11/h5-6,9-11H,1-4,7-8H2,(H,18,21). The number of aromatic nitrogens is 2. The van der Waals surface area contributed by atoms with Gasteiger partial charge in [0.15, 0.2) is 4.77 Å². The van der Waals surface area contributed by atoms with Crippen molar-refractivity contribution in [2.24, 2.45) is 0 Å². The third-order valence-electron chi connectivity index (χ3n) is 4.65. The molecule has 3 aromatic rings. The molecule has 1 aromatic carbocycles. The molecule has 0 radical (unpaired) electrons. The third kappa shape index (κ3) is 2.23. The van der Waals surface area contributed by atoms with E-state index < -0.39 is 0 Å². The van der Waals surface area contributed by atoms with Crippen LogP contribution in [-0.2, 0) is 0 Å². The molecule has 2 aromatic heterocycles.